The molecule has 0 atom stereocenters. The maximum absolute atomic E-state index is 6.71. The van der Waals surface area contributed by atoms with Gasteiger partial charge in [0, 0.05) is 66.9 Å². The first-order valence-electron chi connectivity index (χ1n) is 16.9. The minimum absolute atomic E-state index is 0.850. The van der Waals surface area contributed by atoms with Gasteiger partial charge in [0.2, 0.25) is 0 Å². The first-order chi connectivity index (χ1) is 24.8. The van der Waals surface area contributed by atoms with Gasteiger partial charge in [-0.05, 0) is 72.1 Å². The molecule has 4 heteroatoms. The number of hydrogen-bond acceptors (Lipinski definition) is 3. The summed E-state index contributed by atoms with van der Waals surface area (Å²) in [6.45, 7) is 0. The van der Waals surface area contributed by atoms with Crippen LogP contribution in [0.3, 0.4) is 0 Å². The highest BCUT2D eigenvalue weighted by Gasteiger charge is 2.23. The van der Waals surface area contributed by atoms with E-state index in [1.807, 2.05) is 12.1 Å². The van der Waals surface area contributed by atoms with Crippen molar-refractivity contribution in [3.63, 3.8) is 0 Å². The second-order valence-electron chi connectivity index (χ2n) is 12.9. The number of anilines is 3. The lowest BCUT2D eigenvalue weighted by Gasteiger charge is -2.26. The van der Waals surface area contributed by atoms with Crippen molar-refractivity contribution < 1.29 is 8.83 Å². The van der Waals surface area contributed by atoms with Gasteiger partial charge in [-0.25, -0.2) is 0 Å². The Kier molecular flexibility index (Phi) is 5.63. The fraction of sp³-hybridized carbons (Fsp3) is 0. The number of hydrogen-bond donors (Lipinski definition) is 0. The summed E-state index contributed by atoms with van der Waals surface area (Å²) in [4.78, 5) is 2.35. The Hall–Kier alpha value is -6.78. The molecule has 11 rings (SSSR count). The largest absolute Gasteiger partial charge is 0.456 e. The fourth-order valence-corrected chi connectivity index (χ4v) is 7.95. The Morgan fingerprint density at radius 1 is 0.400 bits per heavy atom. The zero-order valence-corrected chi connectivity index (χ0v) is 26.9. The average molecular weight is 641 g/mol. The molecule has 0 bridgehead atoms. The van der Waals surface area contributed by atoms with Gasteiger partial charge in [-0.2, -0.15) is 0 Å². The zero-order valence-electron chi connectivity index (χ0n) is 26.9. The van der Waals surface area contributed by atoms with Gasteiger partial charge in [-0.3, -0.25) is 0 Å². The van der Waals surface area contributed by atoms with Crippen molar-refractivity contribution in [1.29, 1.82) is 0 Å². The molecule has 0 aliphatic carbocycles. The maximum Gasteiger partial charge on any atom is 0.143 e. The first kappa shape index (κ1) is 27.2. The smallest absolute Gasteiger partial charge is 0.143 e. The van der Waals surface area contributed by atoms with Gasteiger partial charge in [0.1, 0.15) is 22.3 Å². The van der Waals surface area contributed by atoms with E-state index in [-0.39, 0.29) is 0 Å². The van der Waals surface area contributed by atoms with Gasteiger partial charge in [0.25, 0.3) is 0 Å². The van der Waals surface area contributed by atoms with E-state index in [0.717, 1.165) is 83.0 Å². The molecule has 50 heavy (non-hydrogen) atoms. The highest BCUT2D eigenvalue weighted by atomic mass is 16.3. The molecule has 234 valence electrons. The molecule has 0 amide bonds. The van der Waals surface area contributed by atoms with E-state index in [2.05, 4.69) is 167 Å². The van der Waals surface area contributed by atoms with E-state index in [1.165, 1.54) is 16.2 Å². The molecule has 0 aliphatic rings. The Balaban J connectivity index is 1.21. The van der Waals surface area contributed by atoms with E-state index < -0.39 is 0 Å². The van der Waals surface area contributed by atoms with Crippen LogP contribution >= 0.6 is 0 Å². The minimum Gasteiger partial charge on any atom is -0.456 e. The third kappa shape index (κ3) is 3.87. The molecule has 3 aromatic heterocycles. The number of furan rings is 2. The maximum atomic E-state index is 6.71. The van der Waals surface area contributed by atoms with Crippen molar-refractivity contribution in [2.45, 2.75) is 0 Å². The lowest BCUT2D eigenvalue weighted by molar-refractivity contribution is 0.669. The Morgan fingerprint density at radius 2 is 1.02 bits per heavy atom. The molecule has 0 fully saturated rings. The van der Waals surface area contributed by atoms with Crippen molar-refractivity contribution in [1.82, 2.24) is 4.57 Å². The van der Waals surface area contributed by atoms with Crippen LogP contribution in [0.25, 0.3) is 82.1 Å². The number of fused-ring (bicyclic) bond motifs is 11. The molecule has 0 saturated heterocycles. The van der Waals surface area contributed by atoms with Crippen LogP contribution in [0.15, 0.2) is 179 Å². The molecule has 0 unspecified atom stereocenters. The van der Waals surface area contributed by atoms with Crippen molar-refractivity contribution >= 4 is 93.5 Å². The van der Waals surface area contributed by atoms with Crippen molar-refractivity contribution in [2.24, 2.45) is 0 Å². The fourth-order valence-electron chi connectivity index (χ4n) is 7.95. The van der Waals surface area contributed by atoms with Crippen molar-refractivity contribution in [3.8, 4) is 5.69 Å². The van der Waals surface area contributed by atoms with E-state index in [4.69, 9.17) is 8.83 Å². The number of para-hydroxylation sites is 3. The van der Waals surface area contributed by atoms with Crippen LogP contribution in [0.2, 0.25) is 0 Å². The van der Waals surface area contributed by atoms with Crippen LogP contribution in [0.1, 0.15) is 0 Å². The summed E-state index contributed by atoms with van der Waals surface area (Å²) in [7, 11) is 0. The second-order valence-corrected chi connectivity index (χ2v) is 12.9. The zero-order chi connectivity index (χ0) is 32.8. The highest BCUT2D eigenvalue weighted by Crippen LogP contribution is 2.46. The van der Waals surface area contributed by atoms with Crippen LogP contribution < -0.4 is 4.90 Å². The summed E-state index contributed by atoms with van der Waals surface area (Å²) in [6, 6.07) is 60.1. The molecule has 3 heterocycles. The van der Waals surface area contributed by atoms with Gasteiger partial charge < -0.3 is 18.3 Å². The predicted octanol–water partition coefficient (Wildman–Crippen LogP) is 13.2. The molecule has 4 nitrogen and oxygen atoms in total. The normalized spacial score (nSPS) is 12.0. The summed E-state index contributed by atoms with van der Waals surface area (Å²) in [5, 5.41) is 9.08. The van der Waals surface area contributed by atoms with E-state index >= 15 is 0 Å². The van der Waals surface area contributed by atoms with Crippen LogP contribution in [-0.4, -0.2) is 4.57 Å². The number of rotatable bonds is 4. The van der Waals surface area contributed by atoms with E-state index in [0.29, 0.717) is 0 Å². The summed E-state index contributed by atoms with van der Waals surface area (Å²) >= 11 is 0. The van der Waals surface area contributed by atoms with Gasteiger partial charge >= 0.3 is 0 Å². The molecule has 11 aromatic rings. The lowest BCUT2D eigenvalue weighted by atomic mass is 10.0. The molecule has 8 aromatic carbocycles. The van der Waals surface area contributed by atoms with E-state index in [9.17, 15) is 0 Å². The monoisotopic (exact) mass is 640 g/mol. The topological polar surface area (TPSA) is 34.5 Å². The molecule has 0 spiro atoms. The number of aromatic nitrogens is 1. The van der Waals surface area contributed by atoms with Crippen molar-refractivity contribution in [3.05, 3.63) is 170 Å². The quantitative estimate of drug-likeness (QED) is 0.192. The molecule has 0 saturated carbocycles. The van der Waals surface area contributed by atoms with Crippen LogP contribution in [0.4, 0.5) is 17.1 Å². The summed E-state index contributed by atoms with van der Waals surface area (Å²) in [6.07, 6.45) is 0. The van der Waals surface area contributed by atoms with Crippen molar-refractivity contribution in [2.75, 3.05) is 4.90 Å². The molecular formula is C46H28N2O2. The third-order valence-corrected chi connectivity index (χ3v) is 10.2. The summed E-state index contributed by atoms with van der Waals surface area (Å²) in [5.74, 6) is 0. The summed E-state index contributed by atoms with van der Waals surface area (Å²) < 4.78 is 15.5. The SMILES string of the molecule is c1ccc(-n2c3ccccc3c3c(N(c4ccc5c(c4)oc4ccccc45)c4ccc5c(c4)oc4c6ccccc6ccc54)cccc32)cc1. The minimum atomic E-state index is 0.850. The average Bonchev–Trinajstić information content (AvgIpc) is 3.85. The van der Waals surface area contributed by atoms with Crippen LogP contribution in [0.5, 0.6) is 0 Å². The van der Waals surface area contributed by atoms with Gasteiger partial charge in [0.15, 0.2) is 0 Å². The molecule has 0 aliphatic heterocycles. The Morgan fingerprint density at radius 3 is 1.86 bits per heavy atom. The molecular weight excluding hydrogens is 613 g/mol. The highest BCUT2D eigenvalue weighted by molar-refractivity contribution is 6.18. The Bertz CT molecular complexity index is 3110. The number of benzene rings is 8. The van der Waals surface area contributed by atoms with Gasteiger partial charge in [-0.1, -0.05) is 91.0 Å². The lowest BCUT2D eigenvalue weighted by Crippen LogP contribution is -2.10. The van der Waals surface area contributed by atoms with E-state index in [1.54, 1.807) is 0 Å². The van der Waals surface area contributed by atoms with Gasteiger partial charge in [0.05, 0.1) is 16.7 Å². The van der Waals surface area contributed by atoms with Crippen LogP contribution in [0, 0.1) is 0 Å². The Labute approximate surface area is 286 Å². The third-order valence-electron chi connectivity index (χ3n) is 10.2. The standard InChI is InChI=1S/C46H28N2O2/c1-2-12-30(13-3-1)48-39-17-8-6-16-38(39)45-40(18-10-19-41(45)48)47(31-22-25-35-34-15-7-9-20-42(34)49-43(35)27-31)32-23-26-36-37-24-21-29-11-4-5-14-33(29)46(37)50-44(36)28-32/h1-28H. The molecule has 0 radical (unpaired) electrons. The number of nitrogens with zero attached hydrogens (tertiary/aromatic N) is 2. The predicted molar refractivity (Wildman–Crippen MR) is 208 cm³/mol. The van der Waals surface area contributed by atoms with Gasteiger partial charge in [-0.15, -0.1) is 0 Å². The molecule has 0 N–H and O–H groups in total. The summed E-state index contributed by atoms with van der Waals surface area (Å²) in [5.41, 5.74) is 10.0. The first-order valence-corrected chi connectivity index (χ1v) is 16.9. The second kappa shape index (κ2) is 10.4. The van der Waals surface area contributed by atoms with Crippen LogP contribution in [-0.2, 0) is 0 Å².